The van der Waals surface area contributed by atoms with Crippen molar-refractivity contribution in [1.82, 2.24) is 9.62 Å². The predicted molar refractivity (Wildman–Crippen MR) is 107 cm³/mol. The molecule has 1 N–H and O–H groups in total. The first-order valence-corrected chi connectivity index (χ1v) is 11.9. The molecular formula is C19H24N2O5S2. The quantitative estimate of drug-likeness (QED) is 0.734. The molecule has 9 heteroatoms. The number of rotatable bonds is 7. The Bertz CT molecular complexity index is 1060. The van der Waals surface area contributed by atoms with Crippen LogP contribution in [0, 0.1) is 0 Å². The van der Waals surface area contributed by atoms with Crippen LogP contribution in [0.3, 0.4) is 0 Å². The van der Waals surface area contributed by atoms with Gasteiger partial charge in [0.05, 0.1) is 15.8 Å². The number of nitrogens with one attached hydrogen (secondary N) is 1. The van der Waals surface area contributed by atoms with E-state index < -0.39 is 25.8 Å². The highest BCUT2D eigenvalue weighted by Crippen LogP contribution is 2.21. The van der Waals surface area contributed by atoms with Gasteiger partial charge in [-0.05, 0) is 42.3 Å². The van der Waals surface area contributed by atoms with Gasteiger partial charge in [0.1, 0.15) is 0 Å². The second-order valence-electron chi connectivity index (χ2n) is 6.59. The Kier molecular flexibility index (Phi) is 6.63. The van der Waals surface area contributed by atoms with Crippen LogP contribution >= 0.6 is 0 Å². The van der Waals surface area contributed by atoms with Crippen molar-refractivity contribution in [2.24, 2.45) is 0 Å². The van der Waals surface area contributed by atoms with Gasteiger partial charge in [0.2, 0.25) is 10.0 Å². The number of carbonyl (C=O) groups excluding carboxylic acids is 1. The Labute approximate surface area is 166 Å². The van der Waals surface area contributed by atoms with Gasteiger partial charge < -0.3 is 5.32 Å². The molecule has 0 aliphatic rings. The van der Waals surface area contributed by atoms with Crippen molar-refractivity contribution in [3.05, 3.63) is 59.7 Å². The number of sulfone groups is 1. The van der Waals surface area contributed by atoms with Crippen LogP contribution in [0.2, 0.25) is 0 Å². The van der Waals surface area contributed by atoms with Crippen molar-refractivity contribution in [1.29, 1.82) is 0 Å². The first-order chi connectivity index (χ1) is 13.0. The van der Waals surface area contributed by atoms with Gasteiger partial charge in [-0.2, -0.15) is 0 Å². The summed E-state index contributed by atoms with van der Waals surface area (Å²) in [5.74, 6) is -0.408. The van der Waals surface area contributed by atoms with Gasteiger partial charge in [-0.3, -0.25) is 4.79 Å². The van der Waals surface area contributed by atoms with Gasteiger partial charge in [-0.25, -0.2) is 21.1 Å². The van der Waals surface area contributed by atoms with Gasteiger partial charge in [0, 0.05) is 25.9 Å². The lowest BCUT2D eigenvalue weighted by Crippen LogP contribution is -2.28. The summed E-state index contributed by atoms with van der Waals surface area (Å²) in [5.41, 5.74) is 0.995. The monoisotopic (exact) mass is 424 g/mol. The van der Waals surface area contributed by atoms with Crippen molar-refractivity contribution in [2.75, 3.05) is 20.4 Å². The van der Waals surface area contributed by atoms with Gasteiger partial charge >= 0.3 is 0 Å². The maximum atomic E-state index is 12.6. The number of hydrogen-bond acceptors (Lipinski definition) is 5. The Balaban J connectivity index is 2.25. The zero-order valence-electron chi connectivity index (χ0n) is 16.2. The lowest BCUT2D eigenvalue weighted by molar-refractivity contribution is 0.0935. The third kappa shape index (κ3) is 4.98. The standard InChI is InChI=1S/C19H24N2O5S2/c1-5-18(14-9-11-16(12-10-14)27(4,23)24)20-19(22)15-7-6-8-17(13-15)28(25,26)21(2)3/h6-13,18H,5H2,1-4H3,(H,20,22)/t18-/m1/s1. The number of benzene rings is 2. The summed E-state index contributed by atoms with van der Waals surface area (Å²) in [6, 6.07) is 11.8. The molecule has 0 fully saturated rings. The summed E-state index contributed by atoms with van der Waals surface area (Å²) in [6.07, 6.45) is 1.72. The first-order valence-electron chi connectivity index (χ1n) is 8.60. The van der Waals surface area contributed by atoms with E-state index >= 15 is 0 Å². The Hall–Kier alpha value is -2.23. The second kappa shape index (κ2) is 8.42. The summed E-state index contributed by atoms with van der Waals surface area (Å²) in [5, 5.41) is 2.87. The molecule has 2 aromatic carbocycles. The van der Waals surface area contributed by atoms with Crippen LogP contribution in [-0.2, 0) is 19.9 Å². The number of hydrogen-bond donors (Lipinski definition) is 1. The molecule has 0 bridgehead atoms. The molecule has 2 aromatic rings. The molecule has 7 nitrogen and oxygen atoms in total. The number of sulfonamides is 1. The molecular weight excluding hydrogens is 400 g/mol. The molecule has 0 saturated heterocycles. The number of nitrogens with zero attached hydrogens (tertiary/aromatic N) is 1. The molecule has 1 atom stereocenters. The van der Waals surface area contributed by atoms with Gasteiger partial charge in [-0.15, -0.1) is 0 Å². The smallest absolute Gasteiger partial charge is 0.251 e. The van der Waals surface area contributed by atoms with E-state index in [1.165, 1.54) is 44.4 Å². The summed E-state index contributed by atoms with van der Waals surface area (Å²) >= 11 is 0. The predicted octanol–water partition coefficient (Wildman–Crippen LogP) is 2.22. The Morgan fingerprint density at radius 3 is 2.11 bits per heavy atom. The minimum absolute atomic E-state index is 0.0377. The zero-order chi connectivity index (χ0) is 21.1. The Morgan fingerprint density at radius 1 is 1.00 bits per heavy atom. The molecule has 0 spiro atoms. The van der Waals surface area contributed by atoms with Crippen molar-refractivity contribution < 1.29 is 21.6 Å². The second-order valence-corrected chi connectivity index (χ2v) is 10.8. The number of amides is 1. The highest BCUT2D eigenvalue weighted by molar-refractivity contribution is 7.90. The molecule has 0 unspecified atom stereocenters. The molecule has 0 heterocycles. The van der Waals surface area contributed by atoms with Crippen molar-refractivity contribution >= 4 is 25.8 Å². The average Bonchev–Trinajstić information content (AvgIpc) is 2.65. The van der Waals surface area contributed by atoms with E-state index in [4.69, 9.17) is 0 Å². The fourth-order valence-electron chi connectivity index (χ4n) is 2.62. The molecule has 2 rings (SSSR count). The van der Waals surface area contributed by atoms with Gasteiger partial charge in [-0.1, -0.05) is 25.1 Å². The van der Waals surface area contributed by atoms with Gasteiger partial charge in [0.15, 0.2) is 9.84 Å². The van der Waals surface area contributed by atoms with E-state index in [-0.39, 0.29) is 21.4 Å². The van der Waals surface area contributed by atoms with Crippen LogP contribution in [0.5, 0.6) is 0 Å². The molecule has 0 aliphatic carbocycles. The van der Waals surface area contributed by atoms with Crippen molar-refractivity contribution in [3.63, 3.8) is 0 Å². The van der Waals surface area contributed by atoms with Gasteiger partial charge in [0.25, 0.3) is 5.91 Å². The van der Waals surface area contributed by atoms with Crippen molar-refractivity contribution in [3.8, 4) is 0 Å². The van der Waals surface area contributed by atoms with E-state index in [1.807, 2.05) is 6.92 Å². The van der Waals surface area contributed by atoms with Crippen LogP contribution in [0.25, 0.3) is 0 Å². The van der Waals surface area contributed by atoms with Crippen LogP contribution in [0.15, 0.2) is 58.3 Å². The summed E-state index contributed by atoms with van der Waals surface area (Å²) in [4.78, 5) is 12.9. The van der Waals surface area contributed by atoms with E-state index in [0.29, 0.717) is 6.42 Å². The zero-order valence-corrected chi connectivity index (χ0v) is 17.8. The SMILES string of the molecule is CC[C@@H](NC(=O)c1cccc(S(=O)(=O)N(C)C)c1)c1ccc(S(C)(=O)=O)cc1. The van der Waals surface area contributed by atoms with E-state index in [9.17, 15) is 21.6 Å². The highest BCUT2D eigenvalue weighted by atomic mass is 32.2. The summed E-state index contributed by atoms with van der Waals surface area (Å²) in [6.45, 7) is 1.89. The fraction of sp³-hybridized carbons (Fsp3) is 0.316. The largest absolute Gasteiger partial charge is 0.345 e. The highest BCUT2D eigenvalue weighted by Gasteiger charge is 2.20. The minimum atomic E-state index is -3.64. The molecule has 0 aliphatic heterocycles. The normalized spacial score (nSPS) is 13.3. The lowest BCUT2D eigenvalue weighted by atomic mass is 10.0. The summed E-state index contributed by atoms with van der Waals surface area (Å²) < 4.78 is 48.8. The molecule has 0 radical (unpaired) electrons. The molecule has 1 amide bonds. The maximum absolute atomic E-state index is 12.6. The molecule has 0 saturated carbocycles. The first kappa shape index (κ1) is 22.1. The van der Waals surface area contributed by atoms with Crippen LogP contribution in [0.4, 0.5) is 0 Å². The Morgan fingerprint density at radius 2 is 1.61 bits per heavy atom. The minimum Gasteiger partial charge on any atom is -0.345 e. The molecule has 152 valence electrons. The van der Waals surface area contributed by atoms with E-state index in [1.54, 1.807) is 18.2 Å². The summed E-state index contributed by atoms with van der Waals surface area (Å²) in [7, 11) is -4.08. The third-order valence-electron chi connectivity index (χ3n) is 4.30. The maximum Gasteiger partial charge on any atom is 0.251 e. The average molecular weight is 425 g/mol. The topological polar surface area (TPSA) is 101 Å². The van der Waals surface area contributed by atoms with Crippen LogP contribution in [-0.4, -0.2) is 47.4 Å². The van der Waals surface area contributed by atoms with Crippen LogP contribution in [0.1, 0.15) is 35.3 Å². The van der Waals surface area contributed by atoms with Crippen LogP contribution < -0.4 is 5.32 Å². The van der Waals surface area contributed by atoms with E-state index in [2.05, 4.69) is 5.32 Å². The fourth-order valence-corrected chi connectivity index (χ4v) is 4.20. The molecule has 28 heavy (non-hydrogen) atoms. The van der Waals surface area contributed by atoms with Crippen molar-refractivity contribution in [2.45, 2.75) is 29.2 Å². The molecule has 0 aromatic heterocycles. The van der Waals surface area contributed by atoms with E-state index in [0.717, 1.165) is 16.1 Å². The lowest BCUT2D eigenvalue weighted by Gasteiger charge is -2.18. The number of carbonyl (C=O) groups is 1. The third-order valence-corrected chi connectivity index (χ3v) is 7.24.